The molecular formula is C16H16O4. The zero-order valence-corrected chi connectivity index (χ0v) is 11.0. The number of rotatable bonds is 6. The van der Waals surface area contributed by atoms with Crippen LogP contribution in [-0.2, 0) is 9.59 Å². The van der Waals surface area contributed by atoms with Crippen LogP contribution >= 0.6 is 0 Å². The van der Waals surface area contributed by atoms with Crippen molar-refractivity contribution in [2.24, 2.45) is 0 Å². The van der Waals surface area contributed by atoms with Crippen LogP contribution in [0.25, 0.3) is 10.8 Å². The van der Waals surface area contributed by atoms with E-state index in [-0.39, 0.29) is 6.42 Å². The quantitative estimate of drug-likeness (QED) is 0.846. The van der Waals surface area contributed by atoms with Gasteiger partial charge in [0.05, 0.1) is 5.92 Å². The Morgan fingerprint density at radius 3 is 2.40 bits per heavy atom. The average molecular weight is 272 g/mol. The van der Waals surface area contributed by atoms with Gasteiger partial charge in [-0.15, -0.1) is 0 Å². The molecule has 104 valence electrons. The second kappa shape index (κ2) is 6.19. The van der Waals surface area contributed by atoms with Crippen molar-refractivity contribution in [3.8, 4) is 0 Å². The summed E-state index contributed by atoms with van der Waals surface area (Å²) in [4.78, 5) is 22.0. The predicted octanol–water partition coefficient (Wildman–Crippen LogP) is 3.26. The molecule has 0 heterocycles. The number of fused-ring (bicyclic) bond motifs is 1. The summed E-state index contributed by atoms with van der Waals surface area (Å²) in [6, 6.07) is 13.2. The molecule has 0 aromatic heterocycles. The van der Waals surface area contributed by atoms with Crippen molar-refractivity contribution in [2.75, 3.05) is 0 Å². The highest BCUT2D eigenvalue weighted by atomic mass is 16.4. The zero-order valence-electron chi connectivity index (χ0n) is 11.0. The number of hydrogen-bond donors (Lipinski definition) is 2. The monoisotopic (exact) mass is 272 g/mol. The second-order valence-electron chi connectivity index (χ2n) is 4.75. The molecule has 4 heteroatoms. The summed E-state index contributed by atoms with van der Waals surface area (Å²) < 4.78 is 0. The van der Waals surface area contributed by atoms with Gasteiger partial charge in [0.1, 0.15) is 0 Å². The summed E-state index contributed by atoms with van der Waals surface area (Å²) in [7, 11) is 0. The van der Waals surface area contributed by atoms with Crippen molar-refractivity contribution in [3.63, 3.8) is 0 Å². The summed E-state index contributed by atoms with van der Waals surface area (Å²) in [6.07, 6.45) is 0.680. The number of carboxylic acids is 2. The van der Waals surface area contributed by atoms with Gasteiger partial charge in [0, 0.05) is 6.42 Å². The van der Waals surface area contributed by atoms with Crippen LogP contribution in [0.5, 0.6) is 0 Å². The summed E-state index contributed by atoms with van der Waals surface area (Å²) >= 11 is 0. The SMILES string of the molecule is O=C(O)CCCC(C(=O)O)c1cccc2ccccc12. The van der Waals surface area contributed by atoms with Gasteiger partial charge in [0.2, 0.25) is 0 Å². The third-order valence-electron chi connectivity index (χ3n) is 3.38. The minimum absolute atomic E-state index is 0.00541. The highest BCUT2D eigenvalue weighted by Gasteiger charge is 2.21. The van der Waals surface area contributed by atoms with Crippen LogP contribution in [0.2, 0.25) is 0 Å². The molecule has 2 aromatic carbocycles. The molecule has 0 aliphatic rings. The van der Waals surface area contributed by atoms with Gasteiger partial charge in [-0.3, -0.25) is 9.59 Å². The molecule has 0 spiro atoms. The van der Waals surface area contributed by atoms with E-state index in [1.165, 1.54) is 0 Å². The van der Waals surface area contributed by atoms with Crippen molar-refractivity contribution in [1.82, 2.24) is 0 Å². The van der Waals surface area contributed by atoms with Gasteiger partial charge in [-0.2, -0.15) is 0 Å². The first-order valence-electron chi connectivity index (χ1n) is 6.52. The fourth-order valence-electron chi connectivity index (χ4n) is 2.42. The summed E-state index contributed by atoms with van der Waals surface area (Å²) in [5.74, 6) is -2.47. The van der Waals surface area contributed by atoms with Crippen LogP contribution in [0, 0.1) is 0 Å². The van der Waals surface area contributed by atoms with E-state index >= 15 is 0 Å². The van der Waals surface area contributed by atoms with E-state index in [2.05, 4.69) is 0 Å². The Hall–Kier alpha value is -2.36. The smallest absolute Gasteiger partial charge is 0.310 e. The number of benzene rings is 2. The molecule has 20 heavy (non-hydrogen) atoms. The van der Waals surface area contributed by atoms with E-state index < -0.39 is 17.9 Å². The Balaban J connectivity index is 2.32. The summed E-state index contributed by atoms with van der Waals surface area (Å²) in [5.41, 5.74) is 0.751. The first kappa shape index (κ1) is 14.1. The highest BCUT2D eigenvalue weighted by molar-refractivity contribution is 5.90. The van der Waals surface area contributed by atoms with Crippen molar-refractivity contribution in [1.29, 1.82) is 0 Å². The Morgan fingerprint density at radius 1 is 1.00 bits per heavy atom. The largest absolute Gasteiger partial charge is 0.481 e. The van der Waals surface area contributed by atoms with Gasteiger partial charge < -0.3 is 10.2 Å². The predicted molar refractivity (Wildman–Crippen MR) is 75.8 cm³/mol. The molecule has 0 radical (unpaired) electrons. The minimum Gasteiger partial charge on any atom is -0.481 e. The van der Waals surface area contributed by atoms with Crippen LogP contribution < -0.4 is 0 Å². The lowest BCUT2D eigenvalue weighted by atomic mass is 9.89. The Labute approximate surface area is 116 Å². The topological polar surface area (TPSA) is 74.6 Å². The van der Waals surface area contributed by atoms with E-state index in [9.17, 15) is 14.7 Å². The fourth-order valence-corrected chi connectivity index (χ4v) is 2.42. The molecule has 0 aliphatic carbocycles. The molecule has 2 N–H and O–H groups in total. The van der Waals surface area contributed by atoms with Gasteiger partial charge in [-0.05, 0) is 29.2 Å². The maximum atomic E-state index is 11.5. The van der Waals surface area contributed by atoms with Crippen molar-refractivity contribution >= 4 is 22.7 Å². The molecule has 1 unspecified atom stereocenters. The zero-order chi connectivity index (χ0) is 14.5. The minimum atomic E-state index is -0.910. The number of carboxylic acid groups (broad SMARTS) is 2. The molecule has 0 aliphatic heterocycles. The van der Waals surface area contributed by atoms with Gasteiger partial charge in [0.15, 0.2) is 0 Å². The molecule has 2 rings (SSSR count). The van der Waals surface area contributed by atoms with Crippen LogP contribution in [0.4, 0.5) is 0 Å². The fraction of sp³-hybridized carbons (Fsp3) is 0.250. The lowest BCUT2D eigenvalue weighted by Crippen LogP contribution is -2.12. The molecule has 0 saturated heterocycles. The number of hydrogen-bond acceptors (Lipinski definition) is 2. The average Bonchev–Trinajstić information content (AvgIpc) is 2.42. The van der Waals surface area contributed by atoms with Crippen molar-refractivity contribution < 1.29 is 19.8 Å². The van der Waals surface area contributed by atoms with E-state index in [4.69, 9.17) is 5.11 Å². The van der Waals surface area contributed by atoms with Crippen molar-refractivity contribution in [2.45, 2.75) is 25.2 Å². The lowest BCUT2D eigenvalue weighted by Gasteiger charge is -2.14. The third kappa shape index (κ3) is 3.15. The van der Waals surface area contributed by atoms with E-state index in [1.807, 2.05) is 42.5 Å². The first-order chi connectivity index (χ1) is 9.59. The van der Waals surface area contributed by atoms with Crippen LogP contribution in [0.1, 0.15) is 30.7 Å². The molecule has 0 amide bonds. The molecule has 0 saturated carbocycles. The Kier molecular flexibility index (Phi) is 4.35. The lowest BCUT2D eigenvalue weighted by molar-refractivity contribution is -0.140. The molecule has 2 aromatic rings. The van der Waals surface area contributed by atoms with Crippen LogP contribution in [0.15, 0.2) is 42.5 Å². The summed E-state index contributed by atoms with van der Waals surface area (Å²) in [5, 5.41) is 20.0. The highest BCUT2D eigenvalue weighted by Crippen LogP contribution is 2.29. The van der Waals surface area contributed by atoms with Gasteiger partial charge in [0.25, 0.3) is 0 Å². The standard InChI is InChI=1S/C16H16O4/c17-15(18)10-4-9-14(16(19)20)13-8-3-6-11-5-1-2-7-12(11)13/h1-3,5-8,14H,4,9-10H2,(H,17,18)(H,19,20). The van der Waals surface area contributed by atoms with Crippen LogP contribution in [-0.4, -0.2) is 22.2 Å². The van der Waals surface area contributed by atoms with Gasteiger partial charge in [-0.25, -0.2) is 0 Å². The van der Waals surface area contributed by atoms with Gasteiger partial charge in [-0.1, -0.05) is 42.5 Å². The van der Waals surface area contributed by atoms with E-state index in [0.717, 1.165) is 16.3 Å². The normalized spacial score (nSPS) is 12.2. The molecule has 0 fully saturated rings. The maximum absolute atomic E-state index is 11.5. The van der Waals surface area contributed by atoms with Crippen molar-refractivity contribution in [3.05, 3.63) is 48.0 Å². The first-order valence-corrected chi connectivity index (χ1v) is 6.52. The number of carbonyl (C=O) groups is 2. The maximum Gasteiger partial charge on any atom is 0.310 e. The Morgan fingerprint density at radius 2 is 1.70 bits per heavy atom. The van der Waals surface area contributed by atoms with Gasteiger partial charge >= 0.3 is 11.9 Å². The molecule has 0 bridgehead atoms. The number of aliphatic carboxylic acids is 2. The molecule has 4 nitrogen and oxygen atoms in total. The molecular weight excluding hydrogens is 256 g/mol. The van der Waals surface area contributed by atoms with E-state index in [1.54, 1.807) is 0 Å². The second-order valence-corrected chi connectivity index (χ2v) is 4.75. The van der Waals surface area contributed by atoms with E-state index in [0.29, 0.717) is 12.8 Å². The summed E-state index contributed by atoms with van der Waals surface area (Å²) in [6.45, 7) is 0. The Bertz CT molecular complexity index is 628. The van der Waals surface area contributed by atoms with Crippen LogP contribution in [0.3, 0.4) is 0 Å². The molecule has 1 atom stereocenters. The third-order valence-corrected chi connectivity index (χ3v) is 3.38.